The van der Waals surface area contributed by atoms with Crippen molar-refractivity contribution in [3.05, 3.63) is 0 Å². The lowest BCUT2D eigenvalue weighted by Gasteiger charge is -2.38. The SMILES string of the molecule is CC(C)NC1CC(C)C(C)C[C@H]1C. The van der Waals surface area contributed by atoms with E-state index in [4.69, 9.17) is 0 Å². The van der Waals surface area contributed by atoms with Gasteiger partial charge in [0.15, 0.2) is 0 Å². The Bertz CT molecular complexity index is 153. The summed E-state index contributed by atoms with van der Waals surface area (Å²) in [6, 6.07) is 1.39. The highest BCUT2D eigenvalue weighted by Gasteiger charge is 2.29. The van der Waals surface area contributed by atoms with Crippen LogP contribution in [-0.4, -0.2) is 12.1 Å². The fraction of sp³-hybridized carbons (Fsp3) is 1.00. The normalized spacial score (nSPS) is 41.1. The summed E-state index contributed by atoms with van der Waals surface area (Å²) in [5, 5.41) is 3.68. The van der Waals surface area contributed by atoms with Gasteiger partial charge in [-0.2, -0.15) is 0 Å². The van der Waals surface area contributed by atoms with E-state index in [-0.39, 0.29) is 0 Å². The van der Waals surface area contributed by atoms with E-state index < -0.39 is 0 Å². The lowest BCUT2D eigenvalue weighted by molar-refractivity contribution is 0.161. The second-order valence-electron chi connectivity index (χ2n) is 5.33. The lowest BCUT2D eigenvalue weighted by Crippen LogP contribution is -2.44. The largest absolute Gasteiger partial charge is 0.312 e. The average Bonchev–Trinajstić information content (AvgIpc) is 1.99. The van der Waals surface area contributed by atoms with E-state index in [9.17, 15) is 0 Å². The van der Waals surface area contributed by atoms with Crippen LogP contribution in [-0.2, 0) is 0 Å². The molecule has 1 rings (SSSR count). The van der Waals surface area contributed by atoms with Gasteiger partial charge in [-0.3, -0.25) is 0 Å². The smallest absolute Gasteiger partial charge is 0.00977 e. The minimum atomic E-state index is 0.632. The number of hydrogen-bond acceptors (Lipinski definition) is 1. The van der Waals surface area contributed by atoms with Crippen molar-refractivity contribution < 1.29 is 0 Å². The van der Waals surface area contributed by atoms with Crippen LogP contribution >= 0.6 is 0 Å². The number of hydrogen-bond donors (Lipinski definition) is 1. The third kappa shape index (κ3) is 2.98. The Kier molecular flexibility index (Phi) is 3.78. The molecule has 1 saturated carbocycles. The third-order valence-electron chi connectivity index (χ3n) is 3.57. The summed E-state index contributed by atoms with van der Waals surface area (Å²) in [5.41, 5.74) is 0. The van der Waals surface area contributed by atoms with Crippen molar-refractivity contribution in [1.29, 1.82) is 0 Å². The molecule has 3 unspecified atom stereocenters. The molecule has 0 aliphatic heterocycles. The minimum absolute atomic E-state index is 0.632. The molecule has 78 valence electrons. The van der Waals surface area contributed by atoms with Crippen LogP contribution in [0.1, 0.15) is 47.5 Å². The van der Waals surface area contributed by atoms with Gasteiger partial charge in [0.2, 0.25) is 0 Å². The maximum absolute atomic E-state index is 3.68. The molecular weight excluding hydrogens is 158 g/mol. The van der Waals surface area contributed by atoms with Gasteiger partial charge in [0.25, 0.3) is 0 Å². The quantitative estimate of drug-likeness (QED) is 0.694. The molecule has 0 heterocycles. The first-order valence-corrected chi connectivity index (χ1v) is 5.76. The van der Waals surface area contributed by atoms with E-state index in [0.717, 1.165) is 23.8 Å². The topological polar surface area (TPSA) is 12.0 Å². The first kappa shape index (κ1) is 11.0. The molecular formula is C12H25N. The summed E-state index contributed by atoms with van der Waals surface area (Å²) in [6.07, 6.45) is 2.76. The molecule has 1 nitrogen and oxygen atoms in total. The van der Waals surface area contributed by atoms with Gasteiger partial charge in [-0.25, -0.2) is 0 Å². The molecule has 0 aromatic carbocycles. The Balaban J connectivity index is 2.46. The van der Waals surface area contributed by atoms with Crippen LogP contribution in [0.25, 0.3) is 0 Å². The Morgan fingerprint density at radius 1 is 0.923 bits per heavy atom. The van der Waals surface area contributed by atoms with E-state index in [1.807, 2.05) is 0 Å². The van der Waals surface area contributed by atoms with Crippen molar-refractivity contribution in [2.45, 2.75) is 59.5 Å². The molecule has 1 fully saturated rings. The molecule has 1 heteroatoms. The first-order valence-electron chi connectivity index (χ1n) is 5.76. The van der Waals surface area contributed by atoms with Gasteiger partial charge in [-0.15, -0.1) is 0 Å². The molecule has 13 heavy (non-hydrogen) atoms. The zero-order valence-corrected chi connectivity index (χ0v) is 9.80. The predicted octanol–water partition coefficient (Wildman–Crippen LogP) is 3.06. The van der Waals surface area contributed by atoms with Crippen LogP contribution in [0.5, 0.6) is 0 Å². The van der Waals surface area contributed by atoms with Gasteiger partial charge in [0.05, 0.1) is 0 Å². The van der Waals surface area contributed by atoms with Crippen molar-refractivity contribution in [1.82, 2.24) is 5.32 Å². The number of nitrogens with one attached hydrogen (secondary N) is 1. The van der Waals surface area contributed by atoms with Gasteiger partial charge in [0, 0.05) is 12.1 Å². The summed E-state index contributed by atoms with van der Waals surface area (Å²) >= 11 is 0. The molecule has 0 bridgehead atoms. The Morgan fingerprint density at radius 3 is 2.00 bits per heavy atom. The molecule has 0 saturated heterocycles. The minimum Gasteiger partial charge on any atom is -0.312 e. The number of rotatable bonds is 2. The Morgan fingerprint density at radius 2 is 1.46 bits per heavy atom. The molecule has 1 aliphatic rings. The molecule has 0 aromatic rings. The first-order chi connectivity index (χ1) is 6.00. The highest BCUT2D eigenvalue weighted by atomic mass is 14.9. The molecule has 4 atom stereocenters. The van der Waals surface area contributed by atoms with Crippen molar-refractivity contribution in [3.63, 3.8) is 0 Å². The van der Waals surface area contributed by atoms with E-state index in [1.54, 1.807) is 0 Å². The maximum Gasteiger partial charge on any atom is 0.00977 e. The monoisotopic (exact) mass is 183 g/mol. The summed E-state index contributed by atoms with van der Waals surface area (Å²) in [6.45, 7) is 11.7. The van der Waals surface area contributed by atoms with E-state index in [1.165, 1.54) is 12.8 Å². The second kappa shape index (κ2) is 4.45. The van der Waals surface area contributed by atoms with Gasteiger partial charge in [0.1, 0.15) is 0 Å². The van der Waals surface area contributed by atoms with Gasteiger partial charge in [-0.05, 0) is 30.6 Å². The van der Waals surface area contributed by atoms with Crippen LogP contribution < -0.4 is 5.32 Å². The summed E-state index contributed by atoms with van der Waals surface area (Å²) in [7, 11) is 0. The fourth-order valence-corrected chi connectivity index (χ4v) is 2.51. The van der Waals surface area contributed by atoms with E-state index in [0.29, 0.717) is 6.04 Å². The standard InChI is InChI=1S/C12H25N/c1-8(2)13-12-7-10(4)9(3)6-11(12)5/h8-13H,6-7H2,1-5H3/t9?,10?,11-,12?/m1/s1. The zero-order chi connectivity index (χ0) is 10.0. The highest BCUT2D eigenvalue weighted by Crippen LogP contribution is 2.33. The van der Waals surface area contributed by atoms with Crippen molar-refractivity contribution in [2.75, 3.05) is 0 Å². The molecule has 0 radical (unpaired) electrons. The van der Waals surface area contributed by atoms with Crippen LogP contribution in [0.15, 0.2) is 0 Å². The van der Waals surface area contributed by atoms with Gasteiger partial charge < -0.3 is 5.32 Å². The Labute approximate surface area is 83.3 Å². The van der Waals surface area contributed by atoms with Crippen molar-refractivity contribution >= 4 is 0 Å². The highest BCUT2D eigenvalue weighted by molar-refractivity contribution is 4.85. The van der Waals surface area contributed by atoms with Gasteiger partial charge >= 0.3 is 0 Å². The van der Waals surface area contributed by atoms with Crippen LogP contribution in [0.3, 0.4) is 0 Å². The third-order valence-corrected chi connectivity index (χ3v) is 3.57. The summed E-state index contributed by atoms with van der Waals surface area (Å²) in [4.78, 5) is 0. The summed E-state index contributed by atoms with van der Waals surface area (Å²) < 4.78 is 0. The van der Waals surface area contributed by atoms with Crippen LogP contribution in [0.4, 0.5) is 0 Å². The molecule has 0 aromatic heterocycles. The molecule has 1 aliphatic carbocycles. The average molecular weight is 183 g/mol. The zero-order valence-electron chi connectivity index (χ0n) is 9.80. The van der Waals surface area contributed by atoms with E-state index >= 15 is 0 Å². The molecule has 0 spiro atoms. The fourth-order valence-electron chi connectivity index (χ4n) is 2.51. The predicted molar refractivity (Wildman–Crippen MR) is 58.8 cm³/mol. The summed E-state index contributed by atoms with van der Waals surface area (Å²) in [5.74, 6) is 2.67. The van der Waals surface area contributed by atoms with Crippen LogP contribution in [0, 0.1) is 17.8 Å². The maximum atomic E-state index is 3.68. The van der Waals surface area contributed by atoms with Gasteiger partial charge in [-0.1, -0.05) is 34.6 Å². The van der Waals surface area contributed by atoms with Crippen molar-refractivity contribution in [2.24, 2.45) is 17.8 Å². The van der Waals surface area contributed by atoms with Crippen molar-refractivity contribution in [3.8, 4) is 0 Å². The lowest BCUT2D eigenvalue weighted by atomic mass is 9.73. The second-order valence-corrected chi connectivity index (χ2v) is 5.33. The Hall–Kier alpha value is -0.0400. The molecule has 0 amide bonds. The molecule has 1 N–H and O–H groups in total. The van der Waals surface area contributed by atoms with E-state index in [2.05, 4.69) is 39.9 Å². The van der Waals surface area contributed by atoms with Crippen LogP contribution in [0.2, 0.25) is 0 Å².